The van der Waals surface area contributed by atoms with E-state index in [1.165, 1.54) is 5.56 Å². The number of benzene rings is 1. The predicted molar refractivity (Wildman–Crippen MR) is 99.6 cm³/mol. The Morgan fingerprint density at radius 3 is 2.54 bits per heavy atom. The van der Waals surface area contributed by atoms with E-state index in [0.29, 0.717) is 24.7 Å². The first-order valence-corrected chi connectivity index (χ1v) is 8.79. The van der Waals surface area contributed by atoms with Gasteiger partial charge in [-0.05, 0) is 32.4 Å². The van der Waals surface area contributed by atoms with E-state index in [-0.39, 0.29) is 12.5 Å². The number of carbonyl (C=O) groups is 1. The maximum atomic E-state index is 12.4. The quantitative estimate of drug-likeness (QED) is 0.738. The third kappa shape index (κ3) is 3.85. The van der Waals surface area contributed by atoms with Gasteiger partial charge in [-0.2, -0.15) is 0 Å². The number of aromatic nitrogens is 3. The molecule has 0 spiro atoms. The number of nitrogens with one attached hydrogen (secondary N) is 1. The van der Waals surface area contributed by atoms with Gasteiger partial charge in [0.05, 0.1) is 5.56 Å². The molecule has 3 rings (SSSR count). The summed E-state index contributed by atoms with van der Waals surface area (Å²) in [5.74, 6) is 1.08. The highest BCUT2D eigenvalue weighted by Gasteiger charge is 2.17. The minimum Gasteiger partial charge on any atom is -0.421 e. The zero-order chi connectivity index (χ0) is 18.7. The zero-order valence-corrected chi connectivity index (χ0v) is 15.7. The monoisotopic (exact) mass is 352 g/mol. The second-order valence-corrected chi connectivity index (χ2v) is 6.49. The van der Waals surface area contributed by atoms with Crippen molar-refractivity contribution in [3.05, 3.63) is 58.7 Å². The second-order valence-electron chi connectivity index (χ2n) is 6.49. The molecule has 0 saturated heterocycles. The Labute approximate surface area is 153 Å². The number of amides is 1. The number of rotatable bonds is 6. The topological polar surface area (TPSA) is 73.0 Å². The molecule has 1 aromatic carbocycles. The lowest BCUT2D eigenvalue weighted by atomic mass is 10.1. The molecule has 3 aromatic rings. The Morgan fingerprint density at radius 1 is 1.15 bits per heavy atom. The molecule has 6 nitrogen and oxygen atoms in total. The average molecular weight is 352 g/mol. The Balaban J connectivity index is 1.69. The molecule has 6 heteroatoms. The predicted octanol–water partition coefficient (Wildman–Crippen LogP) is 3.34. The van der Waals surface area contributed by atoms with Gasteiger partial charge >= 0.3 is 0 Å². The molecular formula is C20H24N4O2. The summed E-state index contributed by atoms with van der Waals surface area (Å²) in [5.41, 5.74) is 5.10. The number of carbonyl (C=O) groups excluding carboxylic acids is 1. The number of hydrogen-bond acceptors (Lipinski definition) is 4. The summed E-state index contributed by atoms with van der Waals surface area (Å²) in [7, 11) is 0. The molecule has 1 N–H and O–H groups in total. The molecule has 0 aliphatic heterocycles. The van der Waals surface area contributed by atoms with Crippen LogP contribution in [-0.4, -0.2) is 20.7 Å². The van der Waals surface area contributed by atoms with Crippen molar-refractivity contribution in [2.24, 2.45) is 0 Å². The van der Waals surface area contributed by atoms with E-state index in [9.17, 15) is 4.79 Å². The summed E-state index contributed by atoms with van der Waals surface area (Å²) < 4.78 is 7.62. The molecule has 0 atom stereocenters. The largest absolute Gasteiger partial charge is 0.421 e. The summed E-state index contributed by atoms with van der Waals surface area (Å²) in [6.07, 6.45) is 0.702. The third-order valence-electron chi connectivity index (χ3n) is 4.49. The van der Waals surface area contributed by atoms with Crippen molar-refractivity contribution in [3.63, 3.8) is 0 Å². The molecule has 26 heavy (non-hydrogen) atoms. The first kappa shape index (κ1) is 17.9. The van der Waals surface area contributed by atoms with E-state index in [2.05, 4.69) is 15.5 Å². The Hall–Kier alpha value is -2.89. The van der Waals surface area contributed by atoms with Crippen LogP contribution >= 0.6 is 0 Å². The van der Waals surface area contributed by atoms with E-state index < -0.39 is 0 Å². The minimum absolute atomic E-state index is 0.0290. The van der Waals surface area contributed by atoms with E-state index >= 15 is 0 Å². The van der Waals surface area contributed by atoms with Crippen LogP contribution in [0, 0.1) is 20.8 Å². The second kappa shape index (κ2) is 7.56. The van der Waals surface area contributed by atoms with Gasteiger partial charge in [-0.1, -0.05) is 36.8 Å². The van der Waals surface area contributed by atoms with Crippen molar-refractivity contribution in [1.82, 2.24) is 20.1 Å². The van der Waals surface area contributed by atoms with Crippen LogP contribution in [0.4, 0.5) is 0 Å². The fraction of sp³-hybridized carbons (Fsp3) is 0.350. The van der Waals surface area contributed by atoms with E-state index in [1.807, 2.05) is 62.6 Å². The maximum absolute atomic E-state index is 12.4. The van der Waals surface area contributed by atoms with E-state index in [0.717, 1.165) is 22.5 Å². The van der Waals surface area contributed by atoms with Gasteiger partial charge in [0.2, 0.25) is 17.7 Å². The SMILES string of the molecule is CCc1nnc(-c2cc(C)n(CC(=O)NCc3ccc(C)cc3)c2C)o1. The number of aryl methyl sites for hydroxylation is 3. The summed E-state index contributed by atoms with van der Waals surface area (Å²) in [6.45, 7) is 8.74. The molecular weight excluding hydrogens is 328 g/mol. The zero-order valence-electron chi connectivity index (χ0n) is 15.7. The van der Waals surface area contributed by atoms with Gasteiger partial charge in [0.1, 0.15) is 6.54 Å². The Morgan fingerprint density at radius 2 is 1.88 bits per heavy atom. The third-order valence-corrected chi connectivity index (χ3v) is 4.49. The van der Waals surface area contributed by atoms with Gasteiger partial charge < -0.3 is 14.3 Å². The van der Waals surface area contributed by atoms with Crippen LogP contribution in [0.15, 0.2) is 34.7 Å². The summed E-state index contributed by atoms with van der Waals surface area (Å²) in [6, 6.07) is 10.1. The Kier molecular flexibility index (Phi) is 5.21. The molecule has 0 fully saturated rings. The van der Waals surface area contributed by atoms with Crippen LogP contribution in [0.1, 0.15) is 35.3 Å². The molecule has 0 aliphatic rings. The summed E-state index contributed by atoms with van der Waals surface area (Å²) in [4.78, 5) is 12.4. The fourth-order valence-corrected chi connectivity index (χ4v) is 2.87. The highest BCUT2D eigenvalue weighted by atomic mass is 16.4. The van der Waals surface area contributed by atoms with Crippen LogP contribution in [-0.2, 0) is 24.3 Å². The lowest BCUT2D eigenvalue weighted by Gasteiger charge is -2.10. The molecule has 0 saturated carbocycles. The van der Waals surface area contributed by atoms with Gasteiger partial charge in [0, 0.05) is 24.4 Å². The van der Waals surface area contributed by atoms with Crippen molar-refractivity contribution in [1.29, 1.82) is 0 Å². The fourth-order valence-electron chi connectivity index (χ4n) is 2.87. The lowest BCUT2D eigenvalue weighted by Crippen LogP contribution is -2.27. The standard InChI is InChI=1S/C20H24N4O2/c1-5-19-22-23-20(26-19)17-10-14(3)24(15(17)4)12-18(25)21-11-16-8-6-13(2)7-9-16/h6-10H,5,11-12H2,1-4H3,(H,21,25). The van der Waals surface area contributed by atoms with Crippen LogP contribution in [0.3, 0.4) is 0 Å². The van der Waals surface area contributed by atoms with Gasteiger partial charge in [-0.15, -0.1) is 10.2 Å². The smallest absolute Gasteiger partial charge is 0.249 e. The minimum atomic E-state index is -0.0290. The van der Waals surface area contributed by atoms with E-state index in [1.54, 1.807) is 0 Å². The first-order chi connectivity index (χ1) is 12.5. The lowest BCUT2D eigenvalue weighted by molar-refractivity contribution is -0.121. The number of hydrogen-bond donors (Lipinski definition) is 1. The summed E-state index contributed by atoms with van der Waals surface area (Å²) >= 11 is 0. The first-order valence-electron chi connectivity index (χ1n) is 8.79. The highest BCUT2D eigenvalue weighted by molar-refractivity contribution is 5.76. The van der Waals surface area contributed by atoms with Gasteiger partial charge in [-0.25, -0.2) is 0 Å². The summed E-state index contributed by atoms with van der Waals surface area (Å²) in [5, 5.41) is 11.1. The van der Waals surface area contributed by atoms with E-state index in [4.69, 9.17) is 4.42 Å². The molecule has 136 valence electrons. The molecule has 0 aliphatic carbocycles. The van der Waals surface area contributed by atoms with Crippen molar-refractivity contribution in [2.45, 2.75) is 47.2 Å². The van der Waals surface area contributed by atoms with Gasteiger partial charge in [-0.3, -0.25) is 4.79 Å². The van der Waals surface area contributed by atoms with Crippen LogP contribution in [0.2, 0.25) is 0 Å². The molecule has 1 amide bonds. The Bertz CT molecular complexity index is 907. The molecule has 2 aromatic heterocycles. The molecule has 2 heterocycles. The number of nitrogens with zero attached hydrogens (tertiary/aromatic N) is 3. The maximum Gasteiger partial charge on any atom is 0.249 e. The molecule has 0 radical (unpaired) electrons. The van der Waals surface area contributed by atoms with Crippen molar-refractivity contribution in [2.75, 3.05) is 0 Å². The van der Waals surface area contributed by atoms with Crippen molar-refractivity contribution < 1.29 is 9.21 Å². The van der Waals surface area contributed by atoms with Crippen LogP contribution in [0.5, 0.6) is 0 Å². The van der Waals surface area contributed by atoms with Crippen LogP contribution in [0.25, 0.3) is 11.5 Å². The van der Waals surface area contributed by atoms with Gasteiger partial charge in [0.15, 0.2) is 0 Å². The highest BCUT2D eigenvalue weighted by Crippen LogP contribution is 2.26. The van der Waals surface area contributed by atoms with Crippen LogP contribution < -0.4 is 5.32 Å². The average Bonchev–Trinajstić information content (AvgIpc) is 3.21. The van der Waals surface area contributed by atoms with Crippen molar-refractivity contribution in [3.8, 4) is 11.5 Å². The normalized spacial score (nSPS) is 10.9. The molecule has 0 bridgehead atoms. The molecule has 0 unspecified atom stereocenters. The van der Waals surface area contributed by atoms with Gasteiger partial charge in [0.25, 0.3) is 0 Å². The van der Waals surface area contributed by atoms with Crippen molar-refractivity contribution >= 4 is 5.91 Å².